The molecule has 0 bridgehead atoms. The molecule has 0 atom stereocenters. The third-order valence-corrected chi connectivity index (χ3v) is 2.95. The third kappa shape index (κ3) is 8.56. The minimum absolute atomic E-state index is 0. The fourth-order valence-corrected chi connectivity index (χ4v) is 2.09. The van der Waals surface area contributed by atoms with Crippen LogP contribution in [0.1, 0.15) is 0 Å². The fraction of sp³-hybridized carbons (Fsp3) is 0.412. The summed E-state index contributed by atoms with van der Waals surface area (Å²) < 4.78 is 0. The van der Waals surface area contributed by atoms with Crippen molar-refractivity contribution in [3.05, 3.63) is 62.7 Å². The molecule has 21 heavy (non-hydrogen) atoms. The summed E-state index contributed by atoms with van der Waals surface area (Å²) in [5.41, 5.74) is 0. The first-order chi connectivity index (χ1) is 9.54. The number of hydrogen-bond acceptors (Lipinski definition) is 3. The SMILES string of the molecule is CN(C)C[C]1[CH][CH][C](CO)[C]1CN(C)C.[CH]1[CH][CH][CH][CH]1.[Fe+2]. The van der Waals surface area contributed by atoms with E-state index in [4.69, 9.17) is 0 Å². The van der Waals surface area contributed by atoms with Crippen LogP contribution in [-0.4, -0.2) is 62.8 Å². The fourth-order valence-electron chi connectivity index (χ4n) is 2.09. The van der Waals surface area contributed by atoms with E-state index >= 15 is 0 Å². The molecule has 0 heterocycles. The maximum Gasteiger partial charge on any atom is 2.00 e. The van der Waals surface area contributed by atoms with Crippen molar-refractivity contribution in [2.45, 2.75) is 0 Å². The van der Waals surface area contributed by atoms with Crippen LogP contribution in [0.2, 0.25) is 0 Å². The van der Waals surface area contributed by atoms with E-state index in [9.17, 15) is 5.11 Å². The zero-order valence-corrected chi connectivity index (χ0v) is 14.5. The molecule has 3 nitrogen and oxygen atoms in total. The van der Waals surface area contributed by atoms with Crippen LogP contribution in [0.3, 0.4) is 0 Å². The van der Waals surface area contributed by atoms with E-state index in [0.717, 1.165) is 19.0 Å². The van der Waals surface area contributed by atoms with Crippen LogP contribution < -0.4 is 0 Å². The van der Waals surface area contributed by atoms with E-state index in [1.807, 2.05) is 52.6 Å². The molecule has 0 unspecified atom stereocenters. The Bertz CT molecular complexity index is 237. The van der Waals surface area contributed by atoms with Crippen molar-refractivity contribution in [1.29, 1.82) is 0 Å². The van der Waals surface area contributed by atoms with Gasteiger partial charge in [-0.2, -0.15) is 0 Å². The Morgan fingerprint density at radius 3 is 1.57 bits per heavy atom. The van der Waals surface area contributed by atoms with Crippen LogP contribution in [0.5, 0.6) is 0 Å². The number of nitrogens with zero attached hydrogens (tertiary/aromatic N) is 2. The van der Waals surface area contributed by atoms with Gasteiger partial charge < -0.3 is 14.9 Å². The van der Waals surface area contributed by atoms with E-state index < -0.39 is 0 Å². The van der Waals surface area contributed by atoms with Gasteiger partial charge in [0, 0.05) is 30.8 Å². The van der Waals surface area contributed by atoms with Crippen molar-refractivity contribution >= 4 is 0 Å². The molecule has 0 aromatic carbocycles. The first kappa shape index (κ1) is 21.4. The molecule has 2 aliphatic rings. The topological polar surface area (TPSA) is 26.7 Å². The molecule has 0 aromatic heterocycles. The summed E-state index contributed by atoms with van der Waals surface area (Å²) in [6, 6.07) is 0. The first-order valence-electron chi connectivity index (χ1n) is 6.88. The molecule has 4 heteroatoms. The Morgan fingerprint density at radius 1 is 0.762 bits per heavy atom. The predicted octanol–water partition coefficient (Wildman–Crippen LogP) is 1.27. The number of rotatable bonds is 5. The second kappa shape index (κ2) is 11.9. The summed E-state index contributed by atoms with van der Waals surface area (Å²) in [7, 11) is 8.22. The van der Waals surface area contributed by atoms with Gasteiger partial charge in [-0.1, -0.05) is 0 Å². The van der Waals surface area contributed by atoms with E-state index in [-0.39, 0.29) is 23.7 Å². The summed E-state index contributed by atoms with van der Waals surface area (Å²) in [5.74, 6) is 3.65. The Labute approximate surface area is 142 Å². The Hall–Kier alpha value is 0.399. The Morgan fingerprint density at radius 2 is 1.19 bits per heavy atom. The van der Waals surface area contributed by atoms with Crippen LogP contribution in [0.25, 0.3) is 0 Å². The van der Waals surface area contributed by atoms with Crippen molar-refractivity contribution in [2.24, 2.45) is 0 Å². The van der Waals surface area contributed by atoms with Crippen molar-refractivity contribution in [1.82, 2.24) is 9.80 Å². The quantitative estimate of drug-likeness (QED) is 0.769. The summed E-state index contributed by atoms with van der Waals surface area (Å²) in [6.07, 6.45) is 14.1. The summed E-state index contributed by atoms with van der Waals surface area (Å²) in [6.45, 7) is 1.96. The largest absolute Gasteiger partial charge is 2.00 e. The molecule has 2 rings (SSSR count). The molecule has 0 saturated heterocycles. The van der Waals surface area contributed by atoms with Crippen molar-refractivity contribution in [2.75, 3.05) is 47.9 Å². The molecular weight excluding hydrogens is 304 g/mol. The van der Waals surface area contributed by atoms with Gasteiger partial charge in [0.15, 0.2) is 0 Å². The van der Waals surface area contributed by atoms with E-state index in [2.05, 4.69) is 30.3 Å². The molecule has 0 aromatic rings. The van der Waals surface area contributed by atoms with Crippen LogP contribution >= 0.6 is 0 Å². The minimum Gasteiger partial charge on any atom is -0.396 e. The predicted molar refractivity (Wildman–Crippen MR) is 84.0 cm³/mol. The van der Waals surface area contributed by atoms with Crippen molar-refractivity contribution in [3.8, 4) is 0 Å². The molecule has 2 saturated carbocycles. The van der Waals surface area contributed by atoms with E-state index in [1.54, 1.807) is 0 Å². The van der Waals surface area contributed by atoms with Gasteiger partial charge in [-0.05, 0) is 73.1 Å². The van der Waals surface area contributed by atoms with Crippen molar-refractivity contribution < 1.29 is 22.2 Å². The first-order valence-corrected chi connectivity index (χ1v) is 6.88. The molecule has 0 amide bonds. The van der Waals surface area contributed by atoms with Crippen LogP contribution in [0.4, 0.5) is 0 Å². The van der Waals surface area contributed by atoms with Crippen molar-refractivity contribution in [3.63, 3.8) is 0 Å². The van der Waals surface area contributed by atoms with Gasteiger partial charge in [-0.3, -0.25) is 0 Å². The minimum atomic E-state index is 0. The second-order valence-electron chi connectivity index (χ2n) is 5.46. The molecule has 2 aliphatic carbocycles. The summed E-state index contributed by atoms with van der Waals surface area (Å²) in [4.78, 5) is 4.28. The van der Waals surface area contributed by atoms with Gasteiger partial charge in [-0.15, -0.1) is 0 Å². The number of hydrogen-bond donors (Lipinski definition) is 1. The number of aliphatic hydroxyl groups excluding tert-OH is 1. The molecule has 0 aliphatic heterocycles. The maximum absolute atomic E-state index is 9.25. The second-order valence-corrected chi connectivity index (χ2v) is 5.46. The van der Waals surface area contributed by atoms with Gasteiger partial charge in [0.25, 0.3) is 0 Å². The van der Waals surface area contributed by atoms with Gasteiger partial charge in [0.05, 0.1) is 6.61 Å². The molecule has 10 radical (unpaired) electrons. The Kier molecular flexibility index (Phi) is 12.1. The summed E-state index contributed by atoms with van der Waals surface area (Å²) >= 11 is 0. The standard InChI is InChI=1S/C12H21N2O.C5H5.Fe/c1-13(2)7-10-5-6-11(9-15)12(10)8-14(3)4;1-2-4-5-3-1;/h5-6,15H,7-9H2,1-4H3;1-5H;/q;;+2. The molecular formula is C17H26FeN2O+2. The molecule has 116 valence electrons. The maximum atomic E-state index is 9.25. The van der Waals surface area contributed by atoms with Gasteiger partial charge in [0.1, 0.15) is 0 Å². The average molecular weight is 330 g/mol. The Balaban J connectivity index is 0.000000562. The normalized spacial score (nSPS) is 20.7. The van der Waals surface area contributed by atoms with Gasteiger partial charge in [0.2, 0.25) is 0 Å². The zero-order chi connectivity index (χ0) is 15.0. The van der Waals surface area contributed by atoms with E-state index in [1.165, 1.54) is 11.8 Å². The van der Waals surface area contributed by atoms with E-state index in [0.29, 0.717) is 0 Å². The molecule has 2 fully saturated rings. The summed E-state index contributed by atoms with van der Waals surface area (Å²) in [5, 5.41) is 9.25. The average Bonchev–Trinajstić information content (AvgIpc) is 3.02. The van der Waals surface area contributed by atoms with Gasteiger partial charge in [-0.25, -0.2) is 0 Å². The smallest absolute Gasteiger partial charge is 0.396 e. The molecule has 0 spiro atoms. The van der Waals surface area contributed by atoms with Crippen LogP contribution in [0, 0.1) is 62.7 Å². The third-order valence-electron chi connectivity index (χ3n) is 2.95. The van der Waals surface area contributed by atoms with Crippen LogP contribution in [-0.2, 0) is 17.1 Å². The number of aliphatic hydroxyl groups is 1. The zero-order valence-electron chi connectivity index (χ0n) is 13.4. The van der Waals surface area contributed by atoms with Crippen LogP contribution in [0.15, 0.2) is 0 Å². The monoisotopic (exact) mass is 330 g/mol. The van der Waals surface area contributed by atoms with Gasteiger partial charge >= 0.3 is 17.1 Å². The molecule has 1 N–H and O–H groups in total.